The Morgan fingerprint density at radius 1 is 1.42 bits per heavy atom. The Kier molecular flexibility index (Phi) is 5.03. The lowest BCUT2D eigenvalue weighted by Crippen LogP contribution is -2.30. The van der Waals surface area contributed by atoms with Crippen molar-refractivity contribution in [3.63, 3.8) is 0 Å². The number of carboxylic acid groups (broad SMARTS) is 1. The molecular formula is C13H17ClO5. The number of ether oxygens (including phenoxy) is 2. The van der Waals surface area contributed by atoms with E-state index >= 15 is 0 Å². The Labute approximate surface area is 116 Å². The number of methoxy groups -OCH3 is 1. The third-order valence-corrected chi connectivity index (χ3v) is 2.91. The van der Waals surface area contributed by atoms with E-state index < -0.39 is 11.4 Å². The minimum Gasteiger partial charge on any atom is -0.493 e. The van der Waals surface area contributed by atoms with E-state index in [0.717, 1.165) is 0 Å². The first kappa shape index (κ1) is 15.6. The second-order valence-electron chi connectivity index (χ2n) is 4.74. The van der Waals surface area contributed by atoms with Crippen LogP contribution in [-0.2, 0) is 11.4 Å². The standard InChI is InChI=1S/C13H17ClO5/c1-13(2,12(16)17)7-19-11-9(14)4-8(6-15)5-10(11)18-3/h4-5,15H,6-7H2,1-3H3,(H,16,17). The molecule has 0 unspecified atom stereocenters. The van der Waals surface area contributed by atoms with Gasteiger partial charge in [-0.25, -0.2) is 0 Å². The highest BCUT2D eigenvalue weighted by atomic mass is 35.5. The highest BCUT2D eigenvalue weighted by Crippen LogP contribution is 2.37. The van der Waals surface area contributed by atoms with Gasteiger partial charge in [-0.1, -0.05) is 11.6 Å². The monoisotopic (exact) mass is 288 g/mol. The quantitative estimate of drug-likeness (QED) is 0.840. The Balaban J connectivity index is 2.98. The summed E-state index contributed by atoms with van der Waals surface area (Å²) in [5.74, 6) is -0.331. The minimum absolute atomic E-state index is 0.0448. The van der Waals surface area contributed by atoms with Crippen LogP contribution < -0.4 is 9.47 Å². The molecule has 1 aromatic rings. The fourth-order valence-corrected chi connectivity index (χ4v) is 1.61. The lowest BCUT2D eigenvalue weighted by Gasteiger charge is -2.21. The van der Waals surface area contributed by atoms with Crippen molar-refractivity contribution in [2.45, 2.75) is 20.5 Å². The maximum absolute atomic E-state index is 11.0. The number of rotatable bonds is 6. The van der Waals surface area contributed by atoms with Crippen LogP contribution in [-0.4, -0.2) is 29.9 Å². The number of aliphatic hydroxyl groups is 1. The second-order valence-corrected chi connectivity index (χ2v) is 5.15. The van der Waals surface area contributed by atoms with Crippen molar-refractivity contribution in [2.24, 2.45) is 5.41 Å². The van der Waals surface area contributed by atoms with Gasteiger partial charge in [0.25, 0.3) is 0 Å². The van der Waals surface area contributed by atoms with E-state index in [4.69, 9.17) is 31.3 Å². The summed E-state index contributed by atoms with van der Waals surface area (Å²) < 4.78 is 10.6. The zero-order valence-corrected chi connectivity index (χ0v) is 11.8. The van der Waals surface area contributed by atoms with Gasteiger partial charge in [-0.15, -0.1) is 0 Å². The third kappa shape index (κ3) is 3.75. The molecule has 0 heterocycles. The number of hydrogen-bond donors (Lipinski definition) is 2. The molecule has 1 rings (SSSR count). The molecule has 0 aliphatic rings. The SMILES string of the molecule is COc1cc(CO)cc(Cl)c1OCC(C)(C)C(=O)O. The largest absolute Gasteiger partial charge is 0.493 e. The molecule has 1 aromatic carbocycles. The van der Waals surface area contributed by atoms with Crippen LogP contribution in [0.5, 0.6) is 11.5 Å². The van der Waals surface area contributed by atoms with E-state index in [1.165, 1.54) is 7.11 Å². The van der Waals surface area contributed by atoms with Crippen LogP contribution in [0, 0.1) is 5.41 Å². The van der Waals surface area contributed by atoms with Crippen LogP contribution in [0.3, 0.4) is 0 Å². The predicted molar refractivity (Wildman–Crippen MR) is 70.8 cm³/mol. The Hall–Kier alpha value is -1.46. The van der Waals surface area contributed by atoms with E-state index in [2.05, 4.69) is 0 Å². The highest BCUT2D eigenvalue weighted by Gasteiger charge is 2.29. The average Bonchev–Trinajstić information content (AvgIpc) is 2.36. The van der Waals surface area contributed by atoms with E-state index in [-0.39, 0.29) is 24.0 Å². The Bertz CT molecular complexity index is 470. The number of hydrogen-bond acceptors (Lipinski definition) is 4. The molecule has 0 spiro atoms. The van der Waals surface area contributed by atoms with Gasteiger partial charge in [-0.2, -0.15) is 0 Å². The van der Waals surface area contributed by atoms with Crippen molar-refractivity contribution < 1.29 is 24.5 Å². The lowest BCUT2D eigenvalue weighted by atomic mass is 9.95. The second kappa shape index (κ2) is 6.12. The first-order valence-electron chi connectivity index (χ1n) is 5.65. The van der Waals surface area contributed by atoms with Crippen molar-refractivity contribution in [3.05, 3.63) is 22.7 Å². The first-order valence-corrected chi connectivity index (χ1v) is 6.03. The minimum atomic E-state index is -1.04. The topological polar surface area (TPSA) is 76.0 Å². The maximum atomic E-state index is 11.0. The number of aliphatic carboxylic acids is 1. The average molecular weight is 289 g/mol. The summed E-state index contributed by atoms with van der Waals surface area (Å²) in [4.78, 5) is 11.0. The number of halogens is 1. The molecule has 0 bridgehead atoms. The van der Waals surface area contributed by atoms with E-state index in [0.29, 0.717) is 11.3 Å². The molecule has 2 N–H and O–H groups in total. The molecule has 0 fully saturated rings. The van der Waals surface area contributed by atoms with Crippen LogP contribution in [0.1, 0.15) is 19.4 Å². The van der Waals surface area contributed by atoms with Crippen molar-refractivity contribution in [1.82, 2.24) is 0 Å². The molecule has 0 atom stereocenters. The third-order valence-electron chi connectivity index (χ3n) is 2.63. The first-order chi connectivity index (χ1) is 8.81. The fraction of sp³-hybridized carbons (Fsp3) is 0.462. The summed E-state index contributed by atoms with van der Waals surface area (Å²) in [7, 11) is 1.45. The molecule has 0 saturated carbocycles. The molecule has 0 aromatic heterocycles. The lowest BCUT2D eigenvalue weighted by molar-refractivity contribution is -0.148. The van der Waals surface area contributed by atoms with Gasteiger partial charge < -0.3 is 19.7 Å². The molecule has 0 radical (unpaired) electrons. The van der Waals surface area contributed by atoms with Crippen LogP contribution in [0.2, 0.25) is 5.02 Å². The number of carbonyl (C=O) groups is 1. The molecule has 19 heavy (non-hydrogen) atoms. The zero-order chi connectivity index (χ0) is 14.6. The van der Waals surface area contributed by atoms with Gasteiger partial charge in [0.2, 0.25) is 0 Å². The van der Waals surface area contributed by atoms with Gasteiger partial charge in [0, 0.05) is 0 Å². The van der Waals surface area contributed by atoms with Gasteiger partial charge in [0.1, 0.15) is 6.61 Å². The molecule has 0 saturated heterocycles. The van der Waals surface area contributed by atoms with Gasteiger partial charge >= 0.3 is 5.97 Å². The summed E-state index contributed by atoms with van der Waals surface area (Å²) in [5, 5.41) is 18.4. The van der Waals surface area contributed by atoms with Gasteiger partial charge in [0.05, 0.1) is 24.2 Å². The van der Waals surface area contributed by atoms with Gasteiger partial charge in [-0.05, 0) is 31.5 Å². The van der Waals surface area contributed by atoms with Crippen molar-refractivity contribution >= 4 is 17.6 Å². The number of aliphatic hydroxyl groups excluding tert-OH is 1. The van der Waals surface area contributed by atoms with E-state index in [9.17, 15) is 4.79 Å². The maximum Gasteiger partial charge on any atom is 0.312 e. The van der Waals surface area contributed by atoms with Crippen molar-refractivity contribution in [1.29, 1.82) is 0 Å². The van der Waals surface area contributed by atoms with Crippen LogP contribution >= 0.6 is 11.6 Å². The molecule has 0 aliphatic carbocycles. The fourth-order valence-electron chi connectivity index (χ4n) is 1.32. The molecule has 0 aliphatic heterocycles. The molecule has 6 heteroatoms. The highest BCUT2D eigenvalue weighted by molar-refractivity contribution is 6.32. The van der Waals surface area contributed by atoms with Gasteiger partial charge in [-0.3, -0.25) is 4.79 Å². The summed E-state index contributed by atoms with van der Waals surface area (Å²) in [6.45, 7) is 2.89. The van der Waals surface area contributed by atoms with E-state index in [1.54, 1.807) is 26.0 Å². The summed E-state index contributed by atoms with van der Waals surface area (Å²) in [6, 6.07) is 3.14. The Morgan fingerprint density at radius 2 is 2.05 bits per heavy atom. The number of benzene rings is 1. The van der Waals surface area contributed by atoms with Crippen LogP contribution in [0.25, 0.3) is 0 Å². The summed E-state index contributed by atoms with van der Waals surface area (Å²) >= 11 is 6.04. The summed E-state index contributed by atoms with van der Waals surface area (Å²) in [5.41, 5.74) is -0.448. The Morgan fingerprint density at radius 3 is 2.53 bits per heavy atom. The van der Waals surface area contributed by atoms with E-state index in [1.807, 2.05) is 0 Å². The molecule has 106 valence electrons. The normalized spacial score (nSPS) is 11.2. The number of carboxylic acids is 1. The summed E-state index contributed by atoms with van der Waals surface area (Å²) in [6.07, 6.45) is 0. The van der Waals surface area contributed by atoms with Crippen LogP contribution in [0.4, 0.5) is 0 Å². The molecule has 0 amide bonds. The molecular weight excluding hydrogens is 272 g/mol. The smallest absolute Gasteiger partial charge is 0.312 e. The van der Waals surface area contributed by atoms with Crippen LogP contribution in [0.15, 0.2) is 12.1 Å². The van der Waals surface area contributed by atoms with Gasteiger partial charge in [0.15, 0.2) is 11.5 Å². The van der Waals surface area contributed by atoms with Crippen molar-refractivity contribution in [2.75, 3.05) is 13.7 Å². The zero-order valence-electron chi connectivity index (χ0n) is 11.1. The van der Waals surface area contributed by atoms with Crippen molar-refractivity contribution in [3.8, 4) is 11.5 Å². The molecule has 5 nitrogen and oxygen atoms in total. The predicted octanol–water partition coefficient (Wildman–Crippen LogP) is 2.33.